The molecule has 0 radical (unpaired) electrons. The van der Waals surface area contributed by atoms with Gasteiger partial charge in [-0.3, -0.25) is 10.1 Å². The minimum Gasteiger partial charge on any atom is -0.490 e. The van der Waals surface area contributed by atoms with Crippen molar-refractivity contribution in [2.75, 3.05) is 18.5 Å². The Morgan fingerprint density at radius 3 is 2.50 bits per heavy atom. The van der Waals surface area contributed by atoms with Gasteiger partial charge in [-0.1, -0.05) is 10.3 Å². The molecule has 26 heavy (non-hydrogen) atoms. The minimum atomic E-state index is -0.452. The van der Waals surface area contributed by atoms with E-state index >= 15 is 0 Å². The number of anilines is 1. The van der Waals surface area contributed by atoms with Crippen molar-refractivity contribution in [3.8, 4) is 22.8 Å². The summed E-state index contributed by atoms with van der Waals surface area (Å²) in [5, 5.41) is 10.1. The highest BCUT2D eigenvalue weighted by atomic mass is 16.5. The maximum absolute atomic E-state index is 12.2. The molecule has 8 heteroatoms. The normalized spacial score (nSPS) is 10.6. The van der Waals surface area contributed by atoms with Crippen LogP contribution in [0.5, 0.6) is 11.5 Å². The molecule has 136 valence electrons. The van der Waals surface area contributed by atoms with Gasteiger partial charge in [-0.2, -0.15) is 0 Å². The summed E-state index contributed by atoms with van der Waals surface area (Å²) in [5.74, 6) is 1.49. The summed E-state index contributed by atoms with van der Waals surface area (Å²) in [7, 11) is 0. The molecular formula is C18H19N3O5. The average Bonchev–Trinajstić information content (AvgIpc) is 3.26. The van der Waals surface area contributed by atoms with E-state index in [0.717, 1.165) is 5.56 Å². The fourth-order valence-electron chi connectivity index (χ4n) is 2.32. The number of carbonyl (C=O) groups excluding carboxylic acids is 1. The molecule has 3 aromatic rings. The topological polar surface area (TPSA) is 99.6 Å². The van der Waals surface area contributed by atoms with E-state index in [2.05, 4.69) is 15.6 Å². The van der Waals surface area contributed by atoms with Gasteiger partial charge in [0.05, 0.1) is 18.9 Å². The molecule has 1 N–H and O–H groups in total. The second-order valence-electron chi connectivity index (χ2n) is 5.39. The van der Waals surface area contributed by atoms with Crippen LogP contribution in [-0.4, -0.2) is 29.4 Å². The molecule has 0 saturated heterocycles. The Balaban J connectivity index is 1.80. The molecule has 0 unspecified atom stereocenters. The maximum atomic E-state index is 12.2. The third-order valence-electron chi connectivity index (χ3n) is 3.44. The zero-order chi connectivity index (χ0) is 18.5. The van der Waals surface area contributed by atoms with Gasteiger partial charge >= 0.3 is 0 Å². The molecule has 2 aromatic heterocycles. The van der Waals surface area contributed by atoms with Gasteiger partial charge < -0.3 is 18.5 Å². The van der Waals surface area contributed by atoms with Crippen LogP contribution < -0.4 is 14.8 Å². The Kier molecular flexibility index (Phi) is 5.21. The van der Waals surface area contributed by atoms with Crippen LogP contribution in [-0.2, 0) is 0 Å². The summed E-state index contributed by atoms with van der Waals surface area (Å²) in [4.78, 5) is 12.2. The van der Waals surface area contributed by atoms with Crippen molar-refractivity contribution < 1.29 is 23.3 Å². The fraction of sp³-hybridized carbons (Fsp3) is 0.278. The summed E-state index contributed by atoms with van der Waals surface area (Å²) >= 11 is 0. The van der Waals surface area contributed by atoms with E-state index in [0.29, 0.717) is 36.2 Å². The number of hydrogen-bond donors (Lipinski definition) is 1. The highest BCUT2D eigenvalue weighted by Gasteiger charge is 2.17. The Bertz CT molecular complexity index is 900. The molecule has 1 amide bonds. The quantitative estimate of drug-likeness (QED) is 0.688. The van der Waals surface area contributed by atoms with Crippen LogP contribution >= 0.6 is 0 Å². The molecule has 0 fully saturated rings. The lowest BCUT2D eigenvalue weighted by atomic mass is 10.1. The molecule has 0 spiro atoms. The number of amides is 1. The zero-order valence-electron chi connectivity index (χ0n) is 14.7. The van der Waals surface area contributed by atoms with E-state index < -0.39 is 5.91 Å². The molecule has 0 aliphatic rings. The number of ether oxygens (including phenoxy) is 2. The summed E-state index contributed by atoms with van der Waals surface area (Å²) in [6, 6.07) is 8.55. The third-order valence-corrected chi connectivity index (χ3v) is 3.44. The van der Waals surface area contributed by atoms with Crippen LogP contribution in [0.1, 0.15) is 30.0 Å². The number of nitrogens with one attached hydrogen (secondary N) is 1. The number of nitrogens with zero attached hydrogens (tertiary/aromatic N) is 2. The SMILES string of the molecule is CCOc1ccc(-c2cc(C(=O)Nc3cc(C)no3)no2)cc1OCC. The summed E-state index contributed by atoms with van der Waals surface area (Å²) in [6.45, 7) is 6.60. The van der Waals surface area contributed by atoms with Crippen LogP contribution in [0.3, 0.4) is 0 Å². The van der Waals surface area contributed by atoms with Crippen molar-refractivity contribution in [3.05, 3.63) is 41.7 Å². The lowest BCUT2D eigenvalue weighted by Crippen LogP contribution is -2.11. The fourth-order valence-corrected chi connectivity index (χ4v) is 2.32. The molecule has 0 aliphatic carbocycles. The van der Waals surface area contributed by atoms with Crippen molar-refractivity contribution in [2.24, 2.45) is 0 Å². The Labute approximate surface area is 150 Å². The standard InChI is InChI=1S/C18H19N3O5/c1-4-23-14-7-6-12(9-16(14)24-5-2)15-10-13(21-25-15)18(22)19-17-8-11(3)20-26-17/h6-10H,4-5H2,1-3H3,(H,19,22). The molecular weight excluding hydrogens is 338 g/mol. The van der Waals surface area contributed by atoms with Crippen LogP contribution in [0.25, 0.3) is 11.3 Å². The zero-order valence-corrected chi connectivity index (χ0v) is 14.7. The summed E-state index contributed by atoms with van der Waals surface area (Å²) < 4.78 is 21.4. The number of rotatable bonds is 7. The molecule has 8 nitrogen and oxygen atoms in total. The second-order valence-corrected chi connectivity index (χ2v) is 5.39. The van der Waals surface area contributed by atoms with Gasteiger partial charge in [0.25, 0.3) is 5.91 Å². The molecule has 0 bridgehead atoms. The van der Waals surface area contributed by atoms with E-state index in [-0.39, 0.29) is 11.6 Å². The Morgan fingerprint density at radius 1 is 1.04 bits per heavy atom. The third kappa shape index (κ3) is 3.85. The number of hydrogen-bond acceptors (Lipinski definition) is 7. The van der Waals surface area contributed by atoms with Gasteiger partial charge in [-0.15, -0.1) is 0 Å². The monoisotopic (exact) mass is 357 g/mol. The minimum absolute atomic E-state index is 0.126. The molecule has 3 rings (SSSR count). The lowest BCUT2D eigenvalue weighted by molar-refractivity contribution is 0.101. The molecule has 0 aliphatic heterocycles. The van der Waals surface area contributed by atoms with Crippen LogP contribution in [0.4, 0.5) is 5.88 Å². The first-order valence-electron chi connectivity index (χ1n) is 8.22. The van der Waals surface area contributed by atoms with Gasteiger partial charge in [0, 0.05) is 17.7 Å². The predicted molar refractivity (Wildman–Crippen MR) is 93.5 cm³/mol. The molecule has 2 heterocycles. The van der Waals surface area contributed by atoms with E-state index in [1.54, 1.807) is 31.2 Å². The first kappa shape index (κ1) is 17.5. The number of aryl methyl sites for hydroxylation is 1. The van der Waals surface area contributed by atoms with Crippen molar-refractivity contribution in [3.63, 3.8) is 0 Å². The van der Waals surface area contributed by atoms with Crippen LogP contribution in [0, 0.1) is 6.92 Å². The Hall–Kier alpha value is -3.29. The van der Waals surface area contributed by atoms with Gasteiger partial charge in [-0.05, 0) is 39.0 Å². The van der Waals surface area contributed by atoms with Crippen molar-refractivity contribution in [2.45, 2.75) is 20.8 Å². The van der Waals surface area contributed by atoms with E-state index in [9.17, 15) is 4.79 Å². The second kappa shape index (κ2) is 7.73. The highest BCUT2D eigenvalue weighted by molar-refractivity contribution is 6.02. The van der Waals surface area contributed by atoms with Gasteiger partial charge in [0.1, 0.15) is 0 Å². The smallest absolute Gasteiger partial charge is 0.280 e. The first-order chi connectivity index (χ1) is 12.6. The number of aromatic nitrogens is 2. The molecule has 0 saturated carbocycles. The van der Waals surface area contributed by atoms with E-state index in [1.165, 1.54) is 0 Å². The summed E-state index contributed by atoms with van der Waals surface area (Å²) in [5.41, 5.74) is 1.51. The highest BCUT2D eigenvalue weighted by Crippen LogP contribution is 2.33. The van der Waals surface area contributed by atoms with Gasteiger partial charge in [-0.25, -0.2) is 0 Å². The molecule has 1 aromatic carbocycles. The molecule has 0 atom stereocenters. The van der Waals surface area contributed by atoms with E-state index in [4.69, 9.17) is 18.5 Å². The number of carbonyl (C=O) groups is 1. The average molecular weight is 357 g/mol. The Morgan fingerprint density at radius 2 is 1.81 bits per heavy atom. The largest absolute Gasteiger partial charge is 0.490 e. The maximum Gasteiger partial charge on any atom is 0.280 e. The van der Waals surface area contributed by atoms with Crippen LogP contribution in [0.15, 0.2) is 39.4 Å². The van der Waals surface area contributed by atoms with Crippen molar-refractivity contribution in [1.82, 2.24) is 10.3 Å². The van der Waals surface area contributed by atoms with Gasteiger partial charge in [0.15, 0.2) is 23.0 Å². The van der Waals surface area contributed by atoms with Crippen molar-refractivity contribution in [1.29, 1.82) is 0 Å². The lowest BCUT2D eigenvalue weighted by Gasteiger charge is -2.11. The van der Waals surface area contributed by atoms with E-state index in [1.807, 2.05) is 19.9 Å². The van der Waals surface area contributed by atoms with Crippen LogP contribution in [0.2, 0.25) is 0 Å². The number of benzene rings is 1. The first-order valence-corrected chi connectivity index (χ1v) is 8.22. The summed E-state index contributed by atoms with van der Waals surface area (Å²) in [6.07, 6.45) is 0. The predicted octanol–water partition coefficient (Wildman–Crippen LogP) is 3.69. The van der Waals surface area contributed by atoms with Gasteiger partial charge in [0.2, 0.25) is 5.88 Å². The van der Waals surface area contributed by atoms with Crippen molar-refractivity contribution >= 4 is 11.8 Å².